The van der Waals surface area contributed by atoms with Gasteiger partial charge in [-0.1, -0.05) is 15.9 Å². The normalized spacial score (nSPS) is 17.3. The molecule has 0 radical (unpaired) electrons. The van der Waals surface area contributed by atoms with Crippen LogP contribution in [0.25, 0.3) is 5.65 Å². The van der Waals surface area contributed by atoms with Crippen molar-refractivity contribution in [2.24, 2.45) is 5.92 Å². The minimum absolute atomic E-state index is 0.178. The van der Waals surface area contributed by atoms with Crippen molar-refractivity contribution in [3.63, 3.8) is 0 Å². The van der Waals surface area contributed by atoms with Crippen LogP contribution in [0.5, 0.6) is 0 Å². The number of nitrogens with one attached hydrogen (secondary N) is 1. The maximum absolute atomic E-state index is 14.0. The summed E-state index contributed by atoms with van der Waals surface area (Å²) in [7, 11) is 0. The van der Waals surface area contributed by atoms with Crippen LogP contribution >= 0.6 is 15.9 Å². The number of aromatic nitrogens is 4. The fourth-order valence-electron chi connectivity index (χ4n) is 3.28. The van der Waals surface area contributed by atoms with E-state index in [1.165, 1.54) is 6.07 Å². The average molecular weight is 433 g/mol. The van der Waals surface area contributed by atoms with Gasteiger partial charge in [0.2, 0.25) is 5.91 Å². The molecule has 1 fully saturated rings. The Morgan fingerprint density at radius 1 is 1.30 bits per heavy atom. The standard InChI is InChI=1S/C18H18BrFN6O/c1-11-22-23-16-6-7-17(24-26(11)16)25-8-2-3-12(10-25)18(27)21-15-5-4-13(19)9-14(15)20/h4-7,9,12H,2-3,8,10H2,1H3,(H,21,27). The van der Waals surface area contributed by atoms with Gasteiger partial charge in [-0.05, 0) is 50.1 Å². The van der Waals surface area contributed by atoms with E-state index in [2.05, 4.69) is 41.4 Å². The van der Waals surface area contributed by atoms with Gasteiger partial charge in [0.1, 0.15) is 11.6 Å². The number of rotatable bonds is 3. The van der Waals surface area contributed by atoms with Crippen molar-refractivity contribution in [2.75, 3.05) is 23.3 Å². The Morgan fingerprint density at radius 2 is 2.15 bits per heavy atom. The van der Waals surface area contributed by atoms with Crippen molar-refractivity contribution in [2.45, 2.75) is 19.8 Å². The Morgan fingerprint density at radius 3 is 2.96 bits per heavy atom. The predicted molar refractivity (Wildman–Crippen MR) is 103 cm³/mol. The lowest BCUT2D eigenvalue weighted by atomic mass is 9.97. The highest BCUT2D eigenvalue weighted by Crippen LogP contribution is 2.25. The van der Waals surface area contributed by atoms with Crippen molar-refractivity contribution >= 4 is 39.0 Å². The van der Waals surface area contributed by atoms with Crippen LogP contribution < -0.4 is 10.2 Å². The number of piperidine rings is 1. The monoisotopic (exact) mass is 432 g/mol. The molecule has 1 aliphatic rings. The second kappa shape index (κ2) is 7.22. The zero-order valence-corrected chi connectivity index (χ0v) is 16.3. The number of amides is 1. The Bertz CT molecular complexity index is 1010. The first-order valence-corrected chi connectivity index (χ1v) is 9.50. The molecule has 1 N–H and O–H groups in total. The molecule has 1 atom stereocenters. The van der Waals surface area contributed by atoms with Gasteiger partial charge in [0.05, 0.1) is 11.6 Å². The van der Waals surface area contributed by atoms with E-state index in [0.717, 1.165) is 25.2 Å². The van der Waals surface area contributed by atoms with E-state index in [1.807, 2.05) is 19.1 Å². The fourth-order valence-corrected chi connectivity index (χ4v) is 3.61. The van der Waals surface area contributed by atoms with Crippen LogP contribution in [-0.4, -0.2) is 38.8 Å². The largest absolute Gasteiger partial charge is 0.354 e. The summed E-state index contributed by atoms with van der Waals surface area (Å²) in [4.78, 5) is 14.7. The molecule has 1 unspecified atom stereocenters. The van der Waals surface area contributed by atoms with Gasteiger partial charge in [-0.2, -0.15) is 4.52 Å². The second-order valence-electron chi connectivity index (χ2n) is 6.61. The van der Waals surface area contributed by atoms with Gasteiger partial charge >= 0.3 is 0 Å². The van der Waals surface area contributed by atoms with E-state index < -0.39 is 5.82 Å². The van der Waals surface area contributed by atoms with Crippen molar-refractivity contribution in [1.29, 1.82) is 0 Å². The van der Waals surface area contributed by atoms with Crippen LogP contribution in [0.3, 0.4) is 0 Å². The van der Waals surface area contributed by atoms with Gasteiger partial charge in [0.25, 0.3) is 0 Å². The molecule has 140 valence electrons. The second-order valence-corrected chi connectivity index (χ2v) is 7.52. The first-order chi connectivity index (χ1) is 13.0. The number of carbonyl (C=O) groups is 1. The molecule has 1 amide bonds. The predicted octanol–water partition coefficient (Wildman–Crippen LogP) is 3.19. The number of anilines is 2. The summed E-state index contributed by atoms with van der Waals surface area (Å²) in [5.41, 5.74) is 0.883. The van der Waals surface area contributed by atoms with Crippen LogP contribution in [0.2, 0.25) is 0 Å². The Balaban J connectivity index is 1.49. The van der Waals surface area contributed by atoms with E-state index in [0.29, 0.717) is 22.5 Å². The van der Waals surface area contributed by atoms with Crippen LogP contribution in [0.4, 0.5) is 15.9 Å². The smallest absolute Gasteiger partial charge is 0.229 e. The molecule has 27 heavy (non-hydrogen) atoms. The number of hydrogen-bond donors (Lipinski definition) is 1. The van der Waals surface area contributed by atoms with E-state index in [9.17, 15) is 9.18 Å². The summed E-state index contributed by atoms with van der Waals surface area (Å²) in [5, 5.41) is 15.3. The van der Waals surface area contributed by atoms with Crippen LogP contribution in [0.15, 0.2) is 34.8 Å². The molecule has 0 saturated carbocycles. The lowest BCUT2D eigenvalue weighted by Gasteiger charge is -2.32. The third-order valence-electron chi connectivity index (χ3n) is 4.71. The molecule has 4 rings (SSSR count). The molecule has 3 aromatic rings. The molecule has 0 aliphatic carbocycles. The van der Waals surface area contributed by atoms with Crippen molar-refractivity contribution in [3.8, 4) is 0 Å². The van der Waals surface area contributed by atoms with Crippen LogP contribution in [0, 0.1) is 18.7 Å². The molecule has 1 aliphatic heterocycles. The molecule has 1 saturated heterocycles. The minimum Gasteiger partial charge on any atom is -0.354 e. The highest BCUT2D eigenvalue weighted by Gasteiger charge is 2.27. The number of aryl methyl sites for hydroxylation is 1. The molecule has 1 aromatic carbocycles. The average Bonchev–Trinajstić information content (AvgIpc) is 3.04. The summed E-state index contributed by atoms with van der Waals surface area (Å²) < 4.78 is 16.3. The number of benzene rings is 1. The van der Waals surface area contributed by atoms with Crippen molar-refractivity contribution in [1.82, 2.24) is 19.8 Å². The molecule has 0 spiro atoms. The SMILES string of the molecule is Cc1nnc2ccc(N3CCCC(C(=O)Nc4ccc(Br)cc4F)C3)nn12. The summed E-state index contributed by atoms with van der Waals surface area (Å²) in [6.07, 6.45) is 1.62. The zero-order chi connectivity index (χ0) is 19.0. The topological polar surface area (TPSA) is 75.4 Å². The molecule has 2 aromatic heterocycles. The van der Waals surface area contributed by atoms with E-state index in [1.54, 1.807) is 16.6 Å². The van der Waals surface area contributed by atoms with Gasteiger partial charge in [0.15, 0.2) is 11.5 Å². The van der Waals surface area contributed by atoms with Gasteiger partial charge < -0.3 is 10.2 Å². The van der Waals surface area contributed by atoms with E-state index >= 15 is 0 Å². The third-order valence-corrected chi connectivity index (χ3v) is 5.20. The molecular weight excluding hydrogens is 415 g/mol. The molecule has 3 heterocycles. The van der Waals surface area contributed by atoms with Crippen molar-refractivity contribution < 1.29 is 9.18 Å². The first-order valence-electron chi connectivity index (χ1n) is 8.71. The highest BCUT2D eigenvalue weighted by atomic mass is 79.9. The minimum atomic E-state index is -0.458. The first kappa shape index (κ1) is 17.8. The van der Waals surface area contributed by atoms with Gasteiger partial charge in [0, 0.05) is 17.6 Å². The Kier molecular flexibility index (Phi) is 4.77. The number of carbonyl (C=O) groups excluding carboxylic acids is 1. The zero-order valence-electron chi connectivity index (χ0n) is 14.7. The lowest BCUT2D eigenvalue weighted by molar-refractivity contribution is -0.120. The quantitative estimate of drug-likeness (QED) is 0.687. The van der Waals surface area contributed by atoms with Crippen LogP contribution in [0.1, 0.15) is 18.7 Å². The van der Waals surface area contributed by atoms with Crippen LogP contribution in [-0.2, 0) is 4.79 Å². The maximum atomic E-state index is 14.0. The summed E-state index contributed by atoms with van der Waals surface area (Å²) in [6, 6.07) is 8.35. The molecule has 9 heteroatoms. The van der Waals surface area contributed by atoms with Gasteiger partial charge in [-0.3, -0.25) is 4.79 Å². The summed E-state index contributed by atoms with van der Waals surface area (Å²) in [5.74, 6) is 0.617. The Hall–Kier alpha value is -2.55. The maximum Gasteiger partial charge on any atom is 0.229 e. The number of halogens is 2. The van der Waals surface area contributed by atoms with E-state index in [-0.39, 0.29) is 17.5 Å². The lowest BCUT2D eigenvalue weighted by Crippen LogP contribution is -2.41. The van der Waals surface area contributed by atoms with Crippen molar-refractivity contribution in [3.05, 3.63) is 46.4 Å². The highest BCUT2D eigenvalue weighted by molar-refractivity contribution is 9.10. The van der Waals surface area contributed by atoms with Gasteiger partial charge in [-0.15, -0.1) is 15.3 Å². The van der Waals surface area contributed by atoms with E-state index in [4.69, 9.17) is 0 Å². The Labute approximate surface area is 163 Å². The number of hydrogen-bond acceptors (Lipinski definition) is 5. The summed E-state index contributed by atoms with van der Waals surface area (Å²) in [6.45, 7) is 3.19. The summed E-state index contributed by atoms with van der Waals surface area (Å²) >= 11 is 3.21. The fraction of sp³-hybridized carbons (Fsp3) is 0.333. The number of nitrogens with zero attached hydrogens (tertiary/aromatic N) is 5. The third kappa shape index (κ3) is 3.64. The molecule has 0 bridgehead atoms. The molecule has 7 nitrogen and oxygen atoms in total. The van der Waals surface area contributed by atoms with Gasteiger partial charge in [-0.25, -0.2) is 4.39 Å². The molecular formula is C18H18BrFN6O. The number of fused-ring (bicyclic) bond motifs is 1.